The number of ether oxygens (including phenoxy) is 3. The summed E-state index contributed by atoms with van der Waals surface area (Å²) in [6.45, 7) is 3.90. The Hall–Kier alpha value is -3.54. The van der Waals surface area contributed by atoms with Crippen LogP contribution in [0.1, 0.15) is 25.3 Å². The minimum Gasteiger partial charge on any atom is -0.491 e. The zero-order valence-corrected chi connectivity index (χ0v) is 17.5. The van der Waals surface area contributed by atoms with Crippen LogP contribution in [0.3, 0.4) is 0 Å². The highest BCUT2D eigenvalue weighted by molar-refractivity contribution is 5.99. The van der Waals surface area contributed by atoms with Crippen molar-refractivity contribution in [2.75, 3.05) is 19.1 Å². The van der Waals surface area contributed by atoms with Crippen LogP contribution >= 0.6 is 0 Å². The Labute approximate surface area is 176 Å². The lowest BCUT2D eigenvalue weighted by Gasteiger charge is -2.30. The van der Waals surface area contributed by atoms with Crippen molar-refractivity contribution in [3.8, 4) is 5.75 Å². The van der Waals surface area contributed by atoms with Crippen LogP contribution in [0.5, 0.6) is 5.75 Å². The lowest BCUT2D eigenvalue weighted by atomic mass is 9.83. The van der Waals surface area contributed by atoms with Gasteiger partial charge in [0.05, 0.1) is 37.4 Å². The van der Waals surface area contributed by atoms with E-state index in [9.17, 15) is 9.59 Å². The lowest BCUT2D eigenvalue weighted by Crippen LogP contribution is -2.28. The number of hydrogen-bond donors (Lipinski definition) is 0. The van der Waals surface area contributed by atoms with Gasteiger partial charge in [0, 0.05) is 18.1 Å². The highest BCUT2D eigenvalue weighted by Crippen LogP contribution is 2.38. The van der Waals surface area contributed by atoms with E-state index in [1.54, 1.807) is 17.3 Å². The number of benzene rings is 2. The van der Waals surface area contributed by atoms with E-state index < -0.39 is 17.9 Å². The molecule has 2 aromatic carbocycles. The minimum atomic E-state index is -0.627. The van der Waals surface area contributed by atoms with E-state index in [0.717, 1.165) is 11.3 Å². The van der Waals surface area contributed by atoms with E-state index in [0.29, 0.717) is 16.9 Å². The molecule has 156 valence electrons. The molecule has 1 aliphatic heterocycles. The van der Waals surface area contributed by atoms with E-state index >= 15 is 0 Å². The van der Waals surface area contributed by atoms with E-state index in [4.69, 9.17) is 14.2 Å². The molecule has 1 heterocycles. The number of nitrogens with zero attached hydrogens (tertiary/aromatic N) is 1. The van der Waals surface area contributed by atoms with Crippen LogP contribution in [0.15, 0.2) is 78.1 Å². The van der Waals surface area contributed by atoms with Gasteiger partial charge in [-0.25, -0.2) is 9.59 Å². The molecule has 2 aromatic rings. The van der Waals surface area contributed by atoms with Gasteiger partial charge in [-0.15, -0.1) is 0 Å². The zero-order valence-electron chi connectivity index (χ0n) is 17.5. The fourth-order valence-electron chi connectivity index (χ4n) is 3.35. The average molecular weight is 407 g/mol. The van der Waals surface area contributed by atoms with Gasteiger partial charge in [-0.2, -0.15) is 0 Å². The number of methoxy groups -OCH3 is 2. The highest BCUT2D eigenvalue weighted by Gasteiger charge is 2.35. The first-order chi connectivity index (χ1) is 14.4. The van der Waals surface area contributed by atoms with E-state index in [1.807, 2.05) is 68.4 Å². The summed E-state index contributed by atoms with van der Waals surface area (Å²) < 4.78 is 15.8. The Morgan fingerprint density at radius 1 is 0.833 bits per heavy atom. The van der Waals surface area contributed by atoms with Gasteiger partial charge in [0.1, 0.15) is 5.75 Å². The van der Waals surface area contributed by atoms with Gasteiger partial charge < -0.3 is 19.1 Å². The molecule has 0 saturated heterocycles. The molecule has 0 saturated carbocycles. The van der Waals surface area contributed by atoms with Crippen LogP contribution in [0.25, 0.3) is 0 Å². The van der Waals surface area contributed by atoms with Crippen molar-refractivity contribution < 1.29 is 23.8 Å². The number of rotatable bonds is 6. The molecule has 6 nitrogen and oxygen atoms in total. The molecular weight excluding hydrogens is 382 g/mol. The quantitative estimate of drug-likeness (QED) is 0.669. The summed E-state index contributed by atoms with van der Waals surface area (Å²) in [6.07, 6.45) is 3.43. The van der Waals surface area contributed by atoms with Crippen molar-refractivity contribution >= 4 is 17.6 Å². The van der Waals surface area contributed by atoms with Crippen LogP contribution in [0.4, 0.5) is 5.69 Å². The van der Waals surface area contributed by atoms with Crippen LogP contribution in [-0.2, 0) is 19.1 Å². The molecule has 0 fully saturated rings. The van der Waals surface area contributed by atoms with Gasteiger partial charge >= 0.3 is 11.9 Å². The Balaban J connectivity index is 2.09. The predicted molar refractivity (Wildman–Crippen MR) is 114 cm³/mol. The number of carbonyl (C=O) groups excluding carboxylic acids is 2. The molecular formula is C24H25NO5. The molecule has 0 N–H and O–H groups in total. The van der Waals surface area contributed by atoms with Crippen molar-refractivity contribution in [1.29, 1.82) is 0 Å². The molecule has 1 aliphatic rings. The SMILES string of the molecule is COC(=O)C1=CN(c2ccccc2)C=C(C(=O)OC)C1c1ccc(OC(C)C)cc1. The number of carbonyl (C=O) groups is 2. The van der Waals surface area contributed by atoms with Gasteiger partial charge in [-0.05, 0) is 43.7 Å². The minimum absolute atomic E-state index is 0.0426. The summed E-state index contributed by atoms with van der Waals surface area (Å²) >= 11 is 0. The van der Waals surface area contributed by atoms with Gasteiger partial charge in [0.25, 0.3) is 0 Å². The molecule has 0 unspecified atom stereocenters. The molecule has 0 spiro atoms. The predicted octanol–water partition coefficient (Wildman–Crippen LogP) is 4.19. The molecule has 30 heavy (non-hydrogen) atoms. The van der Waals surface area contributed by atoms with Gasteiger partial charge in [0.2, 0.25) is 0 Å². The summed E-state index contributed by atoms with van der Waals surface area (Å²) in [5, 5.41) is 0. The summed E-state index contributed by atoms with van der Waals surface area (Å²) in [5.74, 6) is -0.948. The van der Waals surface area contributed by atoms with E-state index in [2.05, 4.69) is 0 Å². The second kappa shape index (κ2) is 9.31. The topological polar surface area (TPSA) is 65.1 Å². The summed E-state index contributed by atoms with van der Waals surface area (Å²) in [4.78, 5) is 27.1. The smallest absolute Gasteiger partial charge is 0.336 e. The Morgan fingerprint density at radius 3 is 1.83 bits per heavy atom. The number of esters is 2. The number of para-hydroxylation sites is 1. The highest BCUT2D eigenvalue weighted by atomic mass is 16.5. The first-order valence-electron chi connectivity index (χ1n) is 9.64. The maximum Gasteiger partial charge on any atom is 0.336 e. The maximum absolute atomic E-state index is 12.7. The van der Waals surface area contributed by atoms with E-state index in [1.165, 1.54) is 14.2 Å². The van der Waals surface area contributed by atoms with E-state index in [-0.39, 0.29) is 6.10 Å². The Morgan fingerprint density at radius 2 is 1.37 bits per heavy atom. The molecule has 0 radical (unpaired) electrons. The van der Waals surface area contributed by atoms with Crippen LogP contribution < -0.4 is 9.64 Å². The van der Waals surface area contributed by atoms with Gasteiger partial charge in [-0.3, -0.25) is 0 Å². The van der Waals surface area contributed by atoms with Crippen molar-refractivity contribution in [2.24, 2.45) is 0 Å². The molecule has 0 bridgehead atoms. The second-order valence-corrected chi connectivity index (χ2v) is 7.06. The van der Waals surface area contributed by atoms with Crippen LogP contribution in [-0.4, -0.2) is 32.3 Å². The van der Waals surface area contributed by atoms with Crippen molar-refractivity contribution in [2.45, 2.75) is 25.9 Å². The first-order valence-corrected chi connectivity index (χ1v) is 9.64. The lowest BCUT2D eigenvalue weighted by molar-refractivity contribution is -0.137. The molecule has 0 aliphatic carbocycles. The fraction of sp³-hybridized carbons (Fsp3) is 0.250. The largest absolute Gasteiger partial charge is 0.491 e. The standard InChI is InChI=1S/C24H25NO5/c1-16(2)30-19-12-10-17(11-13-19)22-20(23(26)28-3)14-25(15-21(22)24(27)29-4)18-8-6-5-7-9-18/h5-16,22H,1-4H3. The Bertz CT molecular complexity index is 927. The summed E-state index contributed by atoms with van der Waals surface area (Å²) in [5.41, 5.74) is 2.23. The van der Waals surface area contributed by atoms with Crippen LogP contribution in [0, 0.1) is 0 Å². The summed E-state index contributed by atoms with van der Waals surface area (Å²) in [6, 6.07) is 16.8. The molecule has 3 rings (SSSR count). The van der Waals surface area contributed by atoms with Crippen molar-refractivity contribution in [3.05, 3.63) is 83.7 Å². The zero-order chi connectivity index (χ0) is 21.7. The molecule has 0 amide bonds. The third-order valence-corrected chi connectivity index (χ3v) is 4.66. The second-order valence-electron chi connectivity index (χ2n) is 7.06. The number of anilines is 1. The average Bonchev–Trinajstić information content (AvgIpc) is 2.78. The normalized spacial score (nSPS) is 14.1. The maximum atomic E-state index is 12.7. The summed E-state index contributed by atoms with van der Waals surface area (Å²) in [7, 11) is 2.64. The Kier molecular flexibility index (Phi) is 6.57. The molecule has 6 heteroatoms. The van der Waals surface area contributed by atoms with Crippen molar-refractivity contribution in [1.82, 2.24) is 0 Å². The van der Waals surface area contributed by atoms with Gasteiger partial charge in [-0.1, -0.05) is 30.3 Å². The first kappa shape index (κ1) is 21.2. The van der Waals surface area contributed by atoms with Crippen LogP contribution in [0.2, 0.25) is 0 Å². The third kappa shape index (κ3) is 4.54. The number of hydrogen-bond acceptors (Lipinski definition) is 6. The van der Waals surface area contributed by atoms with Gasteiger partial charge in [0.15, 0.2) is 0 Å². The fourth-order valence-corrected chi connectivity index (χ4v) is 3.35. The van der Waals surface area contributed by atoms with Crippen molar-refractivity contribution in [3.63, 3.8) is 0 Å². The molecule has 0 aromatic heterocycles. The molecule has 0 atom stereocenters. The third-order valence-electron chi connectivity index (χ3n) is 4.66. The monoisotopic (exact) mass is 407 g/mol.